The van der Waals surface area contributed by atoms with Gasteiger partial charge < -0.3 is 15.1 Å². The standard InChI is InChI=1S/C19H22N4O3S/c1-14-13-15-5-2-3-7-17(15)23(14)10-8-20-19(24)16-6-4-9-22-11-12-27(25,26)21-18(16)22/h2-7,9,14H,8,10-13H2,1H3,(H,20,24). The second-order valence-electron chi connectivity index (χ2n) is 6.95. The number of nitrogens with zero attached hydrogens (tertiary/aromatic N) is 3. The van der Waals surface area contributed by atoms with Crippen LogP contribution in [0.5, 0.6) is 0 Å². The third kappa shape index (κ3) is 3.49. The second-order valence-corrected chi connectivity index (χ2v) is 8.70. The van der Waals surface area contributed by atoms with E-state index in [2.05, 4.69) is 33.7 Å². The van der Waals surface area contributed by atoms with Crippen molar-refractivity contribution in [1.82, 2.24) is 10.2 Å². The molecule has 0 aliphatic carbocycles. The number of benzene rings is 1. The second kappa shape index (κ2) is 6.84. The molecule has 8 heteroatoms. The van der Waals surface area contributed by atoms with Crippen LogP contribution < -0.4 is 10.2 Å². The van der Waals surface area contributed by atoms with E-state index in [0.29, 0.717) is 25.7 Å². The fourth-order valence-electron chi connectivity index (χ4n) is 3.75. The Balaban J connectivity index is 1.42. The van der Waals surface area contributed by atoms with Crippen LogP contribution in [-0.2, 0) is 21.2 Å². The summed E-state index contributed by atoms with van der Waals surface area (Å²) in [6, 6.07) is 8.70. The van der Waals surface area contributed by atoms with Gasteiger partial charge in [0.2, 0.25) is 0 Å². The molecule has 0 saturated heterocycles. The summed E-state index contributed by atoms with van der Waals surface area (Å²) in [7, 11) is -3.51. The average Bonchev–Trinajstić information content (AvgIpc) is 2.96. The molecular weight excluding hydrogens is 364 g/mol. The van der Waals surface area contributed by atoms with Gasteiger partial charge in [-0.15, -0.1) is 4.40 Å². The van der Waals surface area contributed by atoms with Gasteiger partial charge in [-0.05, 0) is 37.1 Å². The molecule has 0 bridgehead atoms. The number of hydrogen-bond donors (Lipinski definition) is 1. The molecule has 3 aliphatic heterocycles. The predicted molar refractivity (Wildman–Crippen MR) is 105 cm³/mol. The first kappa shape index (κ1) is 17.8. The molecule has 0 fully saturated rings. The maximum absolute atomic E-state index is 12.6. The van der Waals surface area contributed by atoms with Crippen LogP contribution in [0, 0.1) is 0 Å². The van der Waals surface area contributed by atoms with Gasteiger partial charge in [0.25, 0.3) is 15.9 Å². The van der Waals surface area contributed by atoms with E-state index in [-0.39, 0.29) is 23.1 Å². The summed E-state index contributed by atoms with van der Waals surface area (Å²) >= 11 is 0. The molecule has 3 aliphatic rings. The van der Waals surface area contributed by atoms with Crippen molar-refractivity contribution >= 4 is 27.5 Å². The van der Waals surface area contributed by atoms with Crippen LogP contribution in [-0.4, -0.2) is 56.5 Å². The molecule has 7 nitrogen and oxygen atoms in total. The van der Waals surface area contributed by atoms with Gasteiger partial charge >= 0.3 is 0 Å². The monoisotopic (exact) mass is 386 g/mol. The number of amides is 1. The Kier molecular flexibility index (Phi) is 4.51. The highest BCUT2D eigenvalue weighted by atomic mass is 32.2. The van der Waals surface area contributed by atoms with E-state index in [1.165, 1.54) is 11.3 Å². The lowest BCUT2D eigenvalue weighted by atomic mass is 10.1. The van der Waals surface area contributed by atoms with E-state index in [9.17, 15) is 13.2 Å². The molecule has 1 atom stereocenters. The number of amidine groups is 1. The largest absolute Gasteiger partial charge is 0.367 e. The van der Waals surface area contributed by atoms with Gasteiger partial charge in [-0.3, -0.25) is 4.79 Å². The molecule has 1 N–H and O–H groups in total. The number of nitrogens with one attached hydrogen (secondary N) is 1. The summed E-state index contributed by atoms with van der Waals surface area (Å²) in [6.07, 6.45) is 6.10. The van der Waals surface area contributed by atoms with Gasteiger partial charge in [0.1, 0.15) is 0 Å². The first-order valence-electron chi connectivity index (χ1n) is 9.05. The maximum Gasteiger partial charge on any atom is 0.256 e. The van der Waals surface area contributed by atoms with Crippen LogP contribution in [0.2, 0.25) is 0 Å². The van der Waals surface area contributed by atoms with Crippen LogP contribution in [0.3, 0.4) is 0 Å². The molecule has 3 heterocycles. The van der Waals surface area contributed by atoms with Gasteiger partial charge in [0, 0.05) is 37.6 Å². The van der Waals surface area contributed by atoms with Crippen molar-refractivity contribution in [2.45, 2.75) is 19.4 Å². The van der Waals surface area contributed by atoms with E-state index >= 15 is 0 Å². The number of para-hydroxylation sites is 1. The Morgan fingerprint density at radius 2 is 2.15 bits per heavy atom. The van der Waals surface area contributed by atoms with Crippen molar-refractivity contribution in [3.8, 4) is 0 Å². The molecule has 1 aromatic rings. The van der Waals surface area contributed by atoms with Crippen molar-refractivity contribution < 1.29 is 13.2 Å². The highest BCUT2D eigenvalue weighted by Crippen LogP contribution is 2.31. The number of allylic oxidation sites excluding steroid dienone is 2. The number of rotatable bonds is 4. The number of sulfonamides is 1. The fourth-order valence-corrected chi connectivity index (χ4v) is 4.73. The summed E-state index contributed by atoms with van der Waals surface area (Å²) in [5, 5.41) is 2.91. The Labute approximate surface area is 159 Å². The van der Waals surface area contributed by atoms with Gasteiger partial charge in [0.15, 0.2) is 5.84 Å². The molecule has 0 spiro atoms. The minimum absolute atomic E-state index is 0.0397. The number of hydrogen-bond acceptors (Lipinski definition) is 5. The van der Waals surface area contributed by atoms with Crippen LogP contribution >= 0.6 is 0 Å². The Morgan fingerprint density at radius 3 is 3.00 bits per heavy atom. The minimum Gasteiger partial charge on any atom is -0.367 e. The van der Waals surface area contributed by atoms with Gasteiger partial charge in [-0.1, -0.05) is 18.2 Å². The summed E-state index contributed by atoms with van der Waals surface area (Å²) in [4.78, 5) is 16.6. The molecule has 1 aromatic carbocycles. The van der Waals surface area contributed by atoms with Crippen molar-refractivity contribution in [2.24, 2.45) is 4.40 Å². The molecule has 142 valence electrons. The first-order valence-corrected chi connectivity index (χ1v) is 10.7. The summed E-state index contributed by atoms with van der Waals surface area (Å²) in [5.74, 6) is -0.136. The summed E-state index contributed by atoms with van der Waals surface area (Å²) < 4.78 is 27.4. The Bertz CT molecular complexity index is 965. The van der Waals surface area contributed by atoms with E-state index in [1.807, 2.05) is 12.1 Å². The number of carbonyl (C=O) groups is 1. The first-order chi connectivity index (χ1) is 12.9. The summed E-state index contributed by atoms with van der Waals surface area (Å²) in [6.45, 7) is 3.65. The van der Waals surface area contributed by atoms with Crippen molar-refractivity contribution in [3.63, 3.8) is 0 Å². The van der Waals surface area contributed by atoms with E-state index in [1.54, 1.807) is 23.3 Å². The topological polar surface area (TPSA) is 82.1 Å². The van der Waals surface area contributed by atoms with Crippen molar-refractivity contribution in [1.29, 1.82) is 0 Å². The van der Waals surface area contributed by atoms with Crippen LogP contribution in [0.4, 0.5) is 5.69 Å². The quantitative estimate of drug-likeness (QED) is 0.837. The van der Waals surface area contributed by atoms with Gasteiger partial charge in [-0.25, -0.2) is 8.42 Å². The molecular formula is C19H22N4O3S. The smallest absolute Gasteiger partial charge is 0.256 e. The normalized spacial score (nSPS) is 22.6. The van der Waals surface area contributed by atoms with Crippen LogP contribution in [0.15, 0.2) is 52.6 Å². The molecule has 0 saturated carbocycles. The zero-order valence-electron chi connectivity index (χ0n) is 15.1. The number of fused-ring (bicyclic) bond motifs is 2. The lowest BCUT2D eigenvalue weighted by Crippen LogP contribution is -2.44. The highest BCUT2D eigenvalue weighted by molar-refractivity contribution is 7.90. The predicted octanol–water partition coefficient (Wildman–Crippen LogP) is 1.05. The molecule has 0 radical (unpaired) electrons. The number of carbonyl (C=O) groups excluding carboxylic acids is 1. The van der Waals surface area contributed by atoms with E-state index in [0.717, 1.165) is 6.42 Å². The zero-order chi connectivity index (χ0) is 19.0. The Morgan fingerprint density at radius 1 is 1.33 bits per heavy atom. The average molecular weight is 386 g/mol. The number of anilines is 1. The van der Waals surface area contributed by atoms with E-state index in [4.69, 9.17) is 0 Å². The minimum atomic E-state index is -3.51. The van der Waals surface area contributed by atoms with Gasteiger partial charge in [0.05, 0.1) is 11.3 Å². The van der Waals surface area contributed by atoms with E-state index < -0.39 is 10.0 Å². The fraction of sp³-hybridized carbons (Fsp3) is 0.368. The van der Waals surface area contributed by atoms with Crippen molar-refractivity contribution in [2.75, 3.05) is 30.3 Å². The SMILES string of the molecule is CC1Cc2ccccc2N1CCNC(=O)C1=CC=CN2CCS(=O)(=O)N=C12. The van der Waals surface area contributed by atoms with Gasteiger partial charge in [-0.2, -0.15) is 0 Å². The van der Waals surface area contributed by atoms with Crippen molar-refractivity contribution in [3.05, 3.63) is 53.8 Å². The molecule has 27 heavy (non-hydrogen) atoms. The third-order valence-corrected chi connectivity index (χ3v) is 6.24. The molecule has 1 amide bonds. The maximum atomic E-state index is 12.6. The lowest BCUT2D eigenvalue weighted by Gasteiger charge is -2.29. The summed E-state index contributed by atoms with van der Waals surface area (Å²) in [5.41, 5.74) is 2.83. The Hall–Kier alpha value is -2.61. The van der Waals surface area contributed by atoms with Crippen LogP contribution in [0.1, 0.15) is 12.5 Å². The zero-order valence-corrected chi connectivity index (χ0v) is 15.9. The molecule has 1 unspecified atom stereocenters. The molecule has 4 rings (SSSR count). The third-order valence-electron chi connectivity index (χ3n) is 5.09. The highest BCUT2D eigenvalue weighted by Gasteiger charge is 2.30. The lowest BCUT2D eigenvalue weighted by molar-refractivity contribution is -0.117. The van der Waals surface area contributed by atoms with Crippen LogP contribution in [0.25, 0.3) is 0 Å². The molecule has 0 aromatic heterocycles.